The van der Waals surface area contributed by atoms with Gasteiger partial charge in [-0.2, -0.15) is 0 Å². The zero-order chi connectivity index (χ0) is 27.0. The molecule has 0 fully saturated rings. The molecule has 0 saturated carbocycles. The van der Waals surface area contributed by atoms with Gasteiger partial charge in [-0.25, -0.2) is 4.79 Å². The number of aryl methyl sites for hydroxylation is 1. The molecule has 0 spiro atoms. The molecule has 0 N–H and O–H groups in total. The minimum Gasteiger partial charge on any atom is -0.462 e. The normalized spacial score (nSPS) is 11.4. The highest BCUT2D eigenvalue weighted by atomic mass is 32.1. The zero-order valence-corrected chi connectivity index (χ0v) is 24.8. The third-order valence-corrected chi connectivity index (χ3v) is 9.87. The van der Waals surface area contributed by atoms with E-state index in [0.717, 1.165) is 12.8 Å². The number of benzene rings is 3. The molecule has 39 heavy (non-hydrogen) atoms. The van der Waals surface area contributed by atoms with Crippen molar-refractivity contribution in [2.45, 2.75) is 71.6 Å². The summed E-state index contributed by atoms with van der Waals surface area (Å²) in [5.41, 5.74) is 2.58. The first kappa shape index (κ1) is 27.6. The molecule has 0 radical (unpaired) electrons. The van der Waals surface area contributed by atoms with E-state index in [0.29, 0.717) is 11.5 Å². The number of hydrogen-bond acceptors (Lipinski definition) is 4. The molecule has 2 aromatic heterocycles. The number of fused-ring (bicyclic) bond motifs is 2. The fraction of sp³-hybridized carbons (Fsp3) is 0.343. The van der Waals surface area contributed by atoms with Crippen LogP contribution in [0, 0.1) is 0 Å². The molecule has 2 nitrogen and oxygen atoms in total. The van der Waals surface area contributed by atoms with Crippen LogP contribution >= 0.6 is 22.7 Å². The van der Waals surface area contributed by atoms with Crippen molar-refractivity contribution in [3.8, 4) is 20.2 Å². The van der Waals surface area contributed by atoms with Gasteiger partial charge in [-0.3, -0.25) is 0 Å². The maximum atomic E-state index is 12.7. The third kappa shape index (κ3) is 6.45. The maximum absolute atomic E-state index is 12.7. The van der Waals surface area contributed by atoms with E-state index in [1.807, 2.05) is 18.3 Å². The molecule has 0 aliphatic carbocycles. The Hall–Kier alpha value is -2.95. The summed E-state index contributed by atoms with van der Waals surface area (Å²) in [5.74, 6) is -0.206. The Labute approximate surface area is 240 Å². The van der Waals surface area contributed by atoms with Crippen molar-refractivity contribution in [1.82, 2.24) is 0 Å². The van der Waals surface area contributed by atoms with Gasteiger partial charge >= 0.3 is 5.97 Å². The van der Waals surface area contributed by atoms with Gasteiger partial charge in [0.15, 0.2) is 0 Å². The van der Waals surface area contributed by atoms with Crippen LogP contribution in [0.2, 0.25) is 0 Å². The van der Waals surface area contributed by atoms with Gasteiger partial charge in [0.25, 0.3) is 0 Å². The molecule has 0 unspecified atom stereocenters. The number of ether oxygens (including phenoxy) is 1. The molecule has 0 saturated heterocycles. The van der Waals surface area contributed by atoms with Gasteiger partial charge in [-0.1, -0.05) is 100 Å². The van der Waals surface area contributed by atoms with Gasteiger partial charge in [-0.05, 0) is 71.1 Å². The second-order valence-corrected chi connectivity index (χ2v) is 12.4. The fourth-order valence-electron chi connectivity index (χ4n) is 5.45. The van der Waals surface area contributed by atoms with E-state index in [1.54, 1.807) is 11.3 Å². The molecule has 0 aliphatic rings. The van der Waals surface area contributed by atoms with Gasteiger partial charge in [-0.15, -0.1) is 22.7 Å². The fourth-order valence-corrected chi connectivity index (χ4v) is 7.78. The second kappa shape index (κ2) is 13.4. The number of hydrogen-bond donors (Lipinski definition) is 0. The van der Waals surface area contributed by atoms with Crippen molar-refractivity contribution in [1.29, 1.82) is 0 Å². The smallest absolute Gasteiger partial charge is 0.348 e. The predicted octanol–water partition coefficient (Wildman–Crippen LogP) is 11.3. The number of thiophene rings is 2. The van der Waals surface area contributed by atoms with E-state index in [2.05, 4.69) is 79.7 Å². The quantitative estimate of drug-likeness (QED) is 0.0822. The van der Waals surface area contributed by atoms with Crippen LogP contribution < -0.4 is 0 Å². The summed E-state index contributed by atoms with van der Waals surface area (Å²) >= 11 is 3.42. The van der Waals surface area contributed by atoms with E-state index >= 15 is 0 Å². The lowest BCUT2D eigenvalue weighted by molar-refractivity contribution is 0.0532. The highest BCUT2D eigenvalue weighted by Gasteiger charge is 2.19. The lowest BCUT2D eigenvalue weighted by Crippen LogP contribution is -2.01. The minimum absolute atomic E-state index is 0.206. The number of esters is 1. The molecular weight excluding hydrogens is 517 g/mol. The van der Waals surface area contributed by atoms with Crippen molar-refractivity contribution >= 4 is 50.2 Å². The first-order chi connectivity index (χ1) is 19.2. The summed E-state index contributed by atoms with van der Waals surface area (Å²) < 4.78 is 5.37. The van der Waals surface area contributed by atoms with Crippen LogP contribution in [0.1, 0.15) is 80.4 Å². The molecule has 5 aromatic rings. The standard InChI is InChI=1S/C35H38O2S2/c1-3-5-6-7-8-9-10-11-18-27-24-32(35(36)37-4-2)39-34(27)31-22-21-30(38-31)33-28-19-14-12-16-25(28)23-26-17-13-15-20-29(26)33/h12-17,19-24H,3-11,18H2,1-2H3. The lowest BCUT2D eigenvalue weighted by Gasteiger charge is -2.10. The molecule has 3 aromatic carbocycles. The molecule has 0 aliphatic heterocycles. The molecule has 5 rings (SSSR count). The predicted molar refractivity (Wildman–Crippen MR) is 170 cm³/mol. The summed E-state index contributed by atoms with van der Waals surface area (Å²) in [4.78, 5) is 17.1. The highest BCUT2D eigenvalue weighted by molar-refractivity contribution is 7.24. The summed E-state index contributed by atoms with van der Waals surface area (Å²) in [7, 11) is 0. The monoisotopic (exact) mass is 554 g/mol. The molecule has 0 amide bonds. The molecule has 0 bridgehead atoms. The summed E-state index contributed by atoms with van der Waals surface area (Å²) in [6.07, 6.45) is 11.4. The summed E-state index contributed by atoms with van der Waals surface area (Å²) in [6, 6.07) is 26.2. The van der Waals surface area contributed by atoms with Crippen LogP contribution in [0.4, 0.5) is 0 Å². The van der Waals surface area contributed by atoms with Gasteiger partial charge in [0.1, 0.15) is 4.88 Å². The van der Waals surface area contributed by atoms with Crippen molar-refractivity contribution in [2.24, 2.45) is 0 Å². The van der Waals surface area contributed by atoms with Crippen LogP contribution in [-0.4, -0.2) is 12.6 Å². The Balaban J connectivity index is 1.43. The van der Waals surface area contributed by atoms with Crippen molar-refractivity contribution < 1.29 is 9.53 Å². The van der Waals surface area contributed by atoms with E-state index in [1.165, 1.54) is 92.2 Å². The lowest BCUT2D eigenvalue weighted by atomic mass is 9.96. The van der Waals surface area contributed by atoms with Gasteiger partial charge in [0.2, 0.25) is 0 Å². The Bertz CT molecular complexity index is 1490. The maximum Gasteiger partial charge on any atom is 0.348 e. The largest absolute Gasteiger partial charge is 0.462 e. The molecule has 2 heterocycles. The SMILES string of the molecule is CCCCCCCCCCc1cc(C(=O)OCC)sc1-c1ccc(-c2c3ccccc3cc3ccccc23)s1. The van der Waals surface area contributed by atoms with Crippen LogP contribution in [0.15, 0.2) is 72.8 Å². The van der Waals surface area contributed by atoms with Gasteiger partial charge < -0.3 is 4.74 Å². The Morgan fingerprint density at radius 1 is 0.692 bits per heavy atom. The third-order valence-electron chi connectivity index (χ3n) is 7.43. The summed E-state index contributed by atoms with van der Waals surface area (Å²) in [5, 5.41) is 5.08. The zero-order valence-electron chi connectivity index (χ0n) is 23.1. The molecule has 202 valence electrons. The average molecular weight is 555 g/mol. The van der Waals surface area contributed by atoms with Gasteiger partial charge in [0, 0.05) is 20.2 Å². The van der Waals surface area contributed by atoms with Crippen molar-refractivity contribution in [3.63, 3.8) is 0 Å². The van der Waals surface area contributed by atoms with Crippen molar-refractivity contribution in [3.05, 3.63) is 83.2 Å². The second-order valence-electron chi connectivity index (χ2n) is 10.3. The molecule has 4 heteroatoms. The molecular formula is C35H38O2S2. The topological polar surface area (TPSA) is 26.3 Å². The van der Waals surface area contributed by atoms with Crippen LogP contribution in [0.5, 0.6) is 0 Å². The Morgan fingerprint density at radius 3 is 1.97 bits per heavy atom. The number of rotatable bonds is 13. The van der Waals surface area contributed by atoms with Crippen LogP contribution in [0.25, 0.3) is 41.7 Å². The van der Waals surface area contributed by atoms with E-state index in [9.17, 15) is 4.79 Å². The summed E-state index contributed by atoms with van der Waals surface area (Å²) in [6.45, 7) is 4.54. The highest BCUT2D eigenvalue weighted by Crippen LogP contribution is 2.44. The van der Waals surface area contributed by atoms with Crippen LogP contribution in [-0.2, 0) is 11.2 Å². The Kier molecular flexibility index (Phi) is 9.49. The number of unbranched alkanes of at least 4 members (excludes halogenated alkanes) is 7. The first-order valence-electron chi connectivity index (χ1n) is 14.5. The Morgan fingerprint density at radius 2 is 1.31 bits per heavy atom. The van der Waals surface area contributed by atoms with E-state index < -0.39 is 0 Å². The minimum atomic E-state index is -0.206. The first-order valence-corrected chi connectivity index (χ1v) is 16.1. The number of carbonyl (C=O) groups is 1. The number of carbonyl (C=O) groups excluding carboxylic acids is 1. The molecule has 0 atom stereocenters. The van der Waals surface area contributed by atoms with Gasteiger partial charge in [0.05, 0.1) is 6.61 Å². The average Bonchev–Trinajstić information content (AvgIpc) is 3.61. The van der Waals surface area contributed by atoms with E-state index in [-0.39, 0.29) is 5.97 Å². The van der Waals surface area contributed by atoms with Crippen molar-refractivity contribution in [2.75, 3.05) is 6.61 Å². The van der Waals surface area contributed by atoms with E-state index in [4.69, 9.17) is 4.74 Å². The van der Waals surface area contributed by atoms with Crippen LogP contribution in [0.3, 0.4) is 0 Å².